The van der Waals surface area contributed by atoms with Gasteiger partial charge in [-0.15, -0.1) is 0 Å². The number of benzene rings is 3. The van der Waals surface area contributed by atoms with E-state index in [4.69, 9.17) is 21.4 Å². The maximum atomic E-state index is 5.81. The van der Waals surface area contributed by atoms with Crippen LogP contribution in [0.5, 0.6) is 0 Å². The Morgan fingerprint density at radius 3 is 1.25 bits per heavy atom. The van der Waals surface area contributed by atoms with Crippen LogP contribution in [0.4, 0.5) is 11.4 Å². The van der Waals surface area contributed by atoms with E-state index in [1.54, 1.807) is 0 Å². The Balaban J connectivity index is 2.00. The molecule has 4 nitrogen and oxygen atoms in total. The van der Waals surface area contributed by atoms with E-state index in [0.29, 0.717) is 0 Å². The molecule has 0 saturated heterocycles. The third kappa shape index (κ3) is 2.54. The van der Waals surface area contributed by atoms with Crippen molar-refractivity contribution in [3.8, 4) is 22.5 Å². The van der Waals surface area contributed by atoms with Gasteiger partial charge in [0.2, 0.25) is 0 Å². The van der Waals surface area contributed by atoms with E-state index < -0.39 is 0 Å². The number of nitrogens with zero attached hydrogens (tertiary/aromatic N) is 2. The second-order valence-electron chi connectivity index (χ2n) is 5.65. The highest BCUT2D eigenvalue weighted by Crippen LogP contribution is 2.31. The quantitative estimate of drug-likeness (QED) is 0.546. The number of nitrogen functional groups attached to an aromatic ring is 2. The van der Waals surface area contributed by atoms with Gasteiger partial charge in [-0.05, 0) is 36.4 Å². The first kappa shape index (κ1) is 14.2. The molecule has 0 aliphatic heterocycles. The fourth-order valence-electron chi connectivity index (χ4n) is 2.68. The second kappa shape index (κ2) is 5.66. The number of nitrogens with two attached hydrogens (primary N) is 2. The van der Waals surface area contributed by atoms with Crippen LogP contribution in [0.25, 0.3) is 33.5 Å². The lowest BCUT2D eigenvalue weighted by atomic mass is 10.0. The van der Waals surface area contributed by atoms with Gasteiger partial charge in [-0.3, -0.25) is 0 Å². The maximum absolute atomic E-state index is 5.81. The maximum Gasteiger partial charge on any atom is 0.0973 e. The molecule has 4 heteroatoms. The van der Waals surface area contributed by atoms with Crippen molar-refractivity contribution in [3.63, 3.8) is 0 Å². The van der Waals surface area contributed by atoms with Crippen molar-refractivity contribution in [1.29, 1.82) is 0 Å². The first-order valence-corrected chi connectivity index (χ1v) is 7.69. The zero-order chi connectivity index (χ0) is 16.5. The van der Waals surface area contributed by atoms with Crippen LogP contribution in [0, 0.1) is 0 Å². The highest BCUT2D eigenvalue weighted by atomic mass is 14.8. The zero-order valence-corrected chi connectivity index (χ0v) is 13.0. The van der Waals surface area contributed by atoms with Gasteiger partial charge >= 0.3 is 0 Å². The van der Waals surface area contributed by atoms with Crippen LogP contribution in [0.2, 0.25) is 0 Å². The minimum absolute atomic E-state index is 0.724. The van der Waals surface area contributed by atoms with Gasteiger partial charge in [0, 0.05) is 22.5 Å². The lowest BCUT2D eigenvalue weighted by Gasteiger charge is -2.11. The molecule has 24 heavy (non-hydrogen) atoms. The molecule has 4 rings (SSSR count). The molecular formula is C20H16N4. The van der Waals surface area contributed by atoms with Crippen LogP contribution >= 0.6 is 0 Å². The van der Waals surface area contributed by atoms with Crippen molar-refractivity contribution < 1.29 is 0 Å². The number of anilines is 2. The fraction of sp³-hybridized carbons (Fsp3) is 0. The summed E-state index contributed by atoms with van der Waals surface area (Å²) in [7, 11) is 0. The van der Waals surface area contributed by atoms with E-state index in [1.165, 1.54) is 0 Å². The van der Waals surface area contributed by atoms with Gasteiger partial charge in [0.1, 0.15) is 0 Å². The second-order valence-corrected chi connectivity index (χ2v) is 5.65. The predicted octanol–water partition coefficient (Wildman–Crippen LogP) is 4.13. The van der Waals surface area contributed by atoms with Crippen molar-refractivity contribution in [2.45, 2.75) is 0 Å². The van der Waals surface area contributed by atoms with Crippen molar-refractivity contribution in [1.82, 2.24) is 9.97 Å². The minimum atomic E-state index is 0.724. The molecule has 0 amide bonds. The van der Waals surface area contributed by atoms with E-state index in [1.807, 2.05) is 72.8 Å². The molecule has 3 aromatic carbocycles. The predicted molar refractivity (Wildman–Crippen MR) is 99.2 cm³/mol. The Morgan fingerprint density at radius 2 is 0.875 bits per heavy atom. The van der Waals surface area contributed by atoms with Crippen molar-refractivity contribution in [2.75, 3.05) is 11.5 Å². The fourth-order valence-corrected chi connectivity index (χ4v) is 2.68. The summed E-state index contributed by atoms with van der Waals surface area (Å²) in [6.45, 7) is 0. The van der Waals surface area contributed by atoms with Gasteiger partial charge in [-0.1, -0.05) is 36.4 Å². The standard InChI is InChI=1S/C20H16N4/c21-15-9-5-13(6-10-15)19-20(14-7-11-16(22)12-8-14)24-18-4-2-1-3-17(18)23-19/h1-12H,21-22H2. The highest BCUT2D eigenvalue weighted by molar-refractivity contribution is 5.86. The summed E-state index contributed by atoms with van der Waals surface area (Å²) in [5.41, 5.74) is 18.4. The molecule has 4 N–H and O–H groups in total. The summed E-state index contributed by atoms with van der Waals surface area (Å²) in [6, 6.07) is 23.2. The van der Waals surface area contributed by atoms with Gasteiger partial charge in [-0.2, -0.15) is 0 Å². The Bertz CT molecular complexity index is 922. The number of para-hydroxylation sites is 2. The van der Waals surface area contributed by atoms with Crippen LogP contribution in [-0.2, 0) is 0 Å². The number of hydrogen-bond donors (Lipinski definition) is 2. The molecule has 0 spiro atoms. The lowest BCUT2D eigenvalue weighted by molar-refractivity contribution is 1.29. The molecule has 0 fully saturated rings. The van der Waals surface area contributed by atoms with Crippen LogP contribution < -0.4 is 11.5 Å². The van der Waals surface area contributed by atoms with Crippen LogP contribution in [0.1, 0.15) is 0 Å². The van der Waals surface area contributed by atoms with Gasteiger partial charge in [-0.25, -0.2) is 9.97 Å². The molecule has 1 aromatic heterocycles. The summed E-state index contributed by atoms with van der Waals surface area (Å²) in [5, 5.41) is 0. The first-order chi connectivity index (χ1) is 11.7. The summed E-state index contributed by atoms with van der Waals surface area (Å²) in [5.74, 6) is 0. The largest absolute Gasteiger partial charge is 0.399 e. The normalized spacial score (nSPS) is 10.8. The number of hydrogen-bond acceptors (Lipinski definition) is 4. The summed E-state index contributed by atoms with van der Waals surface area (Å²) >= 11 is 0. The average Bonchev–Trinajstić information content (AvgIpc) is 2.62. The van der Waals surface area contributed by atoms with Gasteiger partial charge < -0.3 is 11.5 Å². The lowest BCUT2D eigenvalue weighted by Crippen LogP contribution is -1.96. The van der Waals surface area contributed by atoms with E-state index in [0.717, 1.165) is 44.9 Å². The summed E-state index contributed by atoms with van der Waals surface area (Å²) in [6.07, 6.45) is 0. The average molecular weight is 312 g/mol. The van der Waals surface area contributed by atoms with Crippen molar-refractivity contribution >= 4 is 22.4 Å². The highest BCUT2D eigenvalue weighted by Gasteiger charge is 2.13. The third-order valence-corrected chi connectivity index (χ3v) is 3.94. The Hall–Kier alpha value is -3.40. The van der Waals surface area contributed by atoms with E-state index in [9.17, 15) is 0 Å². The van der Waals surface area contributed by atoms with Gasteiger partial charge in [0.05, 0.1) is 22.4 Å². The smallest absolute Gasteiger partial charge is 0.0973 e. The molecule has 0 aliphatic carbocycles. The van der Waals surface area contributed by atoms with E-state index in [2.05, 4.69) is 0 Å². The first-order valence-electron chi connectivity index (χ1n) is 7.69. The summed E-state index contributed by atoms with van der Waals surface area (Å²) in [4.78, 5) is 9.68. The van der Waals surface area contributed by atoms with Crippen LogP contribution in [0.3, 0.4) is 0 Å². The molecule has 0 unspecified atom stereocenters. The third-order valence-electron chi connectivity index (χ3n) is 3.94. The van der Waals surface area contributed by atoms with Crippen molar-refractivity contribution in [3.05, 3.63) is 72.8 Å². The Labute approximate surface area is 139 Å². The molecule has 0 saturated carbocycles. The SMILES string of the molecule is Nc1ccc(-c2nc3ccccc3nc2-c2ccc(N)cc2)cc1. The molecule has 0 radical (unpaired) electrons. The Kier molecular flexibility index (Phi) is 3.35. The molecule has 116 valence electrons. The number of rotatable bonds is 2. The molecule has 0 atom stereocenters. The van der Waals surface area contributed by atoms with Gasteiger partial charge in [0.15, 0.2) is 0 Å². The topological polar surface area (TPSA) is 77.8 Å². The molecule has 0 aliphatic rings. The van der Waals surface area contributed by atoms with E-state index >= 15 is 0 Å². The minimum Gasteiger partial charge on any atom is -0.399 e. The van der Waals surface area contributed by atoms with Gasteiger partial charge in [0.25, 0.3) is 0 Å². The van der Waals surface area contributed by atoms with E-state index in [-0.39, 0.29) is 0 Å². The number of fused-ring (bicyclic) bond motifs is 1. The molecular weight excluding hydrogens is 296 g/mol. The molecule has 1 heterocycles. The van der Waals surface area contributed by atoms with Crippen molar-refractivity contribution in [2.24, 2.45) is 0 Å². The Morgan fingerprint density at radius 1 is 0.500 bits per heavy atom. The monoisotopic (exact) mass is 312 g/mol. The molecule has 0 bridgehead atoms. The van der Waals surface area contributed by atoms with Crippen LogP contribution in [-0.4, -0.2) is 9.97 Å². The molecule has 4 aromatic rings. The van der Waals surface area contributed by atoms with Crippen LogP contribution in [0.15, 0.2) is 72.8 Å². The zero-order valence-electron chi connectivity index (χ0n) is 13.0. The summed E-state index contributed by atoms with van der Waals surface area (Å²) < 4.78 is 0. The number of aromatic nitrogens is 2.